The van der Waals surface area contributed by atoms with Crippen molar-refractivity contribution < 1.29 is 9.13 Å². The van der Waals surface area contributed by atoms with Crippen LogP contribution in [0.5, 0.6) is 5.75 Å². The lowest BCUT2D eigenvalue weighted by molar-refractivity contribution is 0.335. The molecule has 0 spiro atoms. The first kappa shape index (κ1) is 12.0. The van der Waals surface area contributed by atoms with E-state index in [1.807, 2.05) is 20.8 Å². The average molecular weight is 211 g/mol. The molecule has 0 heterocycles. The minimum absolute atomic E-state index is 0.167. The van der Waals surface area contributed by atoms with Gasteiger partial charge in [0.25, 0.3) is 0 Å². The van der Waals surface area contributed by atoms with Crippen LogP contribution in [0.1, 0.15) is 26.3 Å². The summed E-state index contributed by atoms with van der Waals surface area (Å²) in [7, 11) is 1.51. The van der Waals surface area contributed by atoms with Crippen molar-refractivity contribution in [2.45, 2.75) is 26.3 Å². The van der Waals surface area contributed by atoms with Crippen molar-refractivity contribution in [2.75, 3.05) is 7.11 Å². The second-order valence-corrected chi connectivity index (χ2v) is 4.28. The van der Waals surface area contributed by atoms with Gasteiger partial charge in [0.2, 0.25) is 0 Å². The van der Waals surface area contributed by atoms with Crippen LogP contribution in [-0.2, 0) is 5.54 Å². The van der Waals surface area contributed by atoms with Gasteiger partial charge in [-0.1, -0.05) is 19.9 Å². The summed E-state index contributed by atoms with van der Waals surface area (Å²) in [5, 5.41) is 0. The lowest BCUT2D eigenvalue weighted by Gasteiger charge is -2.30. The van der Waals surface area contributed by atoms with Gasteiger partial charge < -0.3 is 10.5 Å². The van der Waals surface area contributed by atoms with Crippen LogP contribution < -0.4 is 10.5 Å². The number of benzene rings is 1. The normalized spacial score (nSPS) is 15.1. The third kappa shape index (κ3) is 2.29. The molecular formula is C12H18FNO. The number of rotatable bonds is 3. The molecule has 3 heteroatoms. The molecular weight excluding hydrogens is 193 g/mol. The van der Waals surface area contributed by atoms with E-state index in [2.05, 4.69) is 0 Å². The van der Waals surface area contributed by atoms with E-state index in [1.54, 1.807) is 12.1 Å². The van der Waals surface area contributed by atoms with Crippen LogP contribution in [0.15, 0.2) is 18.2 Å². The van der Waals surface area contributed by atoms with E-state index in [-0.39, 0.29) is 11.7 Å². The molecule has 1 rings (SSSR count). The van der Waals surface area contributed by atoms with E-state index in [0.29, 0.717) is 11.3 Å². The number of ether oxygens (including phenoxy) is 1. The molecule has 1 aromatic carbocycles. The highest BCUT2D eigenvalue weighted by Gasteiger charge is 2.28. The molecule has 1 aromatic rings. The molecule has 2 nitrogen and oxygen atoms in total. The minimum Gasteiger partial charge on any atom is -0.497 e. The summed E-state index contributed by atoms with van der Waals surface area (Å²) >= 11 is 0. The molecule has 0 aliphatic rings. The van der Waals surface area contributed by atoms with E-state index < -0.39 is 5.54 Å². The molecule has 0 amide bonds. The van der Waals surface area contributed by atoms with Crippen molar-refractivity contribution in [2.24, 2.45) is 11.7 Å². The molecule has 84 valence electrons. The summed E-state index contributed by atoms with van der Waals surface area (Å²) in [6.07, 6.45) is 0. The predicted octanol–water partition coefficient (Wildman–Crippen LogP) is 2.66. The van der Waals surface area contributed by atoms with Crippen LogP contribution in [0.4, 0.5) is 4.39 Å². The van der Waals surface area contributed by atoms with Crippen molar-refractivity contribution in [1.29, 1.82) is 0 Å². The average Bonchev–Trinajstić information content (AvgIpc) is 2.16. The quantitative estimate of drug-likeness (QED) is 0.834. The van der Waals surface area contributed by atoms with Gasteiger partial charge in [-0.3, -0.25) is 0 Å². The first-order valence-corrected chi connectivity index (χ1v) is 5.02. The predicted molar refractivity (Wildman–Crippen MR) is 59.3 cm³/mol. The first-order chi connectivity index (χ1) is 6.89. The number of methoxy groups -OCH3 is 1. The number of halogens is 1. The Hall–Kier alpha value is -1.09. The van der Waals surface area contributed by atoms with Gasteiger partial charge in [0.05, 0.1) is 7.11 Å². The van der Waals surface area contributed by atoms with Gasteiger partial charge in [-0.25, -0.2) is 4.39 Å². The van der Waals surface area contributed by atoms with E-state index in [4.69, 9.17) is 10.5 Å². The highest BCUT2D eigenvalue weighted by Crippen LogP contribution is 2.30. The van der Waals surface area contributed by atoms with E-state index in [0.717, 1.165) is 0 Å². The Morgan fingerprint density at radius 1 is 1.40 bits per heavy atom. The Morgan fingerprint density at radius 3 is 2.40 bits per heavy atom. The van der Waals surface area contributed by atoms with Crippen LogP contribution in [0.3, 0.4) is 0 Å². The van der Waals surface area contributed by atoms with Crippen LogP contribution in [0, 0.1) is 11.7 Å². The summed E-state index contributed by atoms with van der Waals surface area (Å²) in [6, 6.07) is 4.78. The third-order valence-corrected chi connectivity index (χ3v) is 2.96. The molecule has 0 fully saturated rings. The van der Waals surface area contributed by atoms with E-state index >= 15 is 0 Å². The molecule has 0 saturated carbocycles. The fraction of sp³-hybridized carbons (Fsp3) is 0.500. The van der Waals surface area contributed by atoms with Gasteiger partial charge in [-0.05, 0) is 18.9 Å². The zero-order chi connectivity index (χ0) is 11.6. The Kier molecular flexibility index (Phi) is 3.35. The lowest BCUT2D eigenvalue weighted by Crippen LogP contribution is -2.39. The van der Waals surface area contributed by atoms with Gasteiger partial charge in [0.1, 0.15) is 11.6 Å². The fourth-order valence-corrected chi connectivity index (χ4v) is 1.37. The number of hydrogen-bond acceptors (Lipinski definition) is 2. The van der Waals surface area contributed by atoms with Gasteiger partial charge >= 0.3 is 0 Å². The largest absolute Gasteiger partial charge is 0.497 e. The molecule has 0 saturated heterocycles. The zero-order valence-corrected chi connectivity index (χ0v) is 9.67. The molecule has 0 bridgehead atoms. The van der Waals surface area contributed by atoms with Crippen LogP contribution in [0.25, 0.3) is 0 Å². The van der Waals surface area contributed by atoms with Crippen LogP contribution in [-0.4, -0.2) is 7.11 Å². The molecule has 2 N–H and O–H groups in total. The minimum atomic E-state index is -0.656. The highest BCUT2D eigenvalue weighted by atomic mass is 19.1. The summed E-state index contributed by atoms with van der Waals surface area (Å²) in [5.41, 5.74) is 5.96. The summed E-state index contributed by atoms with van der Waals surface area (Å²) < 4.78 is 18.7. The standard InChI is InChI=1S/C12H18FNO/c1-8(2)12(3,14)10-6-5-9(15-4)7-11(10)13/h5-8H,14H2,1-4H3. The lowest BCUT2D eigenvalue weighted by atomic mass is 9.82. The molecule has 0 aliphatic carbocycles. The molecule has 1 atom stereocenters. The first-order valence-electron chi connectivity index (χ1n) is 5.02. The monoisotopic (exact) mass is 211 g/mol. The van der Waals surface area contributed by atoms with Gasteiger partial charge in [0, 0.05) is 17.2 Å². The van der Waals surface area contributed by atoms with Gasteiger partial charge in [-0.15, -0.1) is 0 Å². The number of hydrogen-bond donors (Lipinski definition) is 1. The number of nitrogens with two attached hydrogens (primary N) is 1. The van der Waals surface area contributed by atoms with E-state index in [9.17, 15) is 4.39 Å². The topological polar surface area (TPSA) is 35.2 Å². The van der Waals surface area contributed by atoms with Gasteiger partial charge in [-0.2, -0.15) is 0 Å². The summed E-state index contributed by atoms with van der Waals surface area (Å²) in [4.78, 5) is 0. The second kappa shape index (κ2) is 4.19. The highest BCUT2D eigenvalue weighted by molar-refractivity contribution is 5.33. The zero-order valence-electron chi connectivity index (χ0n) is 9.67. The maximum atomic E-state index is 13.7. The smallest absolute Gasteiger partial charge is 0.131 e. The van der Waals surface area contributed by atoms with Crippen molar-refractivity contribution in [1.82, 2.24) is 0 Å². The summed E-state index contributed by atoms with van der Waals surface area (Å²) in [6.45, 7) is 5.79. The SMILES string of the molecule is COc1ccc(C(C)(N)C(C)C)c(F)c1. The van der Waals surface area contributed by atoms with Crippen LogP contribution >= 0.6 is 0 Å². The maximum absolute atomic E-state index is 13.7. The molecule has 0 aromatic heterocycles. The third-order valence-electron chi connectivity index (χ3n) is 2.96. The maximum Gasteiger partial charge on any atom is 0.131 e. The Labute approximate surface area is 90.2 Å². The van der Waals surface area contributed by atoms with Crippen molar-refractivity contribution in [3.05, 3.63) is 29.6 Å². The molecule has 0 radical (unpaired) electrons. The molecule has 15 heavy (non-hydrogen) atoms. The van der Waals surface area contributed by atoms with Gasteiger partial charge in [0.15, 0.2) is 0 Å². The van der Waals surface area contributed by atoms with E-state index in [1.165, 1.54) is 13.2 Å². The molecule has 0 aliphatic heterocycles. The Balaban J connectivity index is 3.16. The van der Waals surface area contributed by atoms with Crippen molar-refractivity contribution >= 4 is 0 Å². The van der Waals surface area contributed by atoms with Crippen LogP contribution in [0.2, 0.25) is 0 Å². The molecule has 1 unspecified atom stereocenters. The van der Waals surface area contributed by atoms with Crippen molar-refractivity contribution in [3.63, 3.8) is 0 Å². The second-order valence-electron chi connectivity index (χ2n) is 4.28. The Morgan fingerprint density at radius 2 is 2.00 bits per heavy atom. The van der Waals surface area contributed by atoms with Crippen molar-refractivity contribution in [3.8, 4) is 5.75 Å². The fourth-order valence-electron chi connectivity index (χ4n) is 1.37. The Bertz CT molecular complexity index is 347. The summed E-state index contributed by atoms with van der Waals surface area (Å²) in [5.74, 6) is 0.365.